The number of ether oxygens (including phenoxy) is 1. The molecule has 0 amide bonds. The van der Waals surface area contributed by atoms with Gasteiger partial charge in [-0.25, -0.2) is 0 Å². The molecule has 26 heavy (non-hydrogen) atoms. The molecular weight excluding hydrogens is 340 g/mol. The lowest BCUT2D eigenvalue weighted by molar-refractivity contribution is 0.281. The van der Waals surface area contributed by atoms with Crippen molar-refractivity contribution in [2.75, 3.05) is 0 Å². The summed E-state index contributed by atoms with van der Waals surface area (Å²) in [6.45, 7) is 4.28. The second kappa shape index (κ2) is 6.94. The van der Waals surface area contributed by atoms with Gasteiger partial charge in [0.1, 0.15) is 5.75 Å². The summed E-state index contributed by atoms with van der Waals surface area (Å²) in [7, 11) is 0. The minimum Gasteiger partial charge on any atom is -0.455 e. The van der Waals surface area contributed by atoms with Crippen LogP contribution in [0.1, 0.15) is 16.7 Å². The van der Waals surface area contributed by atoms with Gasteiger partial charge >= 0.3 is 0 Å². The fraction of sp³-hybridized carbons (Fsp3) is 0.130. The van der Waals surface area contributed by atoms with Crippen LogP contribution in [0, 0.1) is 13.8 Å². The van der Waals surface area contributed by atoms with Gasteiger partial charge < -0.3 is 9.84 Å². The molecule has 0 aliphatic rings. The van der Waals surface area contributed by atoms with Crippen LogP contribution in [0.4, 0.5) is 0 Å². The van der Waals surface area contributed by atoms with E-state index in [0.717, 1.165) is 27.3 Å². The molecule has 0 spiro atoms. The monoisotopic (exact) mass is 360 g/mol. The average Bonchev–Trinajstić information content (AvgIpc) is 3.00. The number of rotatable bonds is 4. The van der Waals surface area contributed by atoms with Gasteiger partial charge in [0.05, 0.1) is 11.5 Å². The summed E-state index contributed by atoms with van der Waals surface area (Å²) in [4.78, 5) is 1.15. The molecule has 0 unspecified atom stereocenters. The number of aliphatic hydroxyl groups excluding tert-OH is 1. The van der Waals surface area contributed by atoms with Crippen LogP contribution in [0.3, 0.4) is 0 Å². The molecule has 1 N–H and O–H groups in total. The Labute approximate surface area is 157 Å². The largest absolute Gasteiger partial charge is 0.455 e. The number of aliphatic hydroxyl groups is 1. The fourth-order valence-corrected chi connectivity index (χ4v) is 4.39. The molecular formula is C23H20O2S. The molecule has 0 saturated heterocycles. The van der Waals surface area contributed by atoms with Crippen molar-refractivity contribution in [3.05, 3.63) is 83.4 Å². The quantitative estimate of drug-likeness (QED) is 0.452. The van der Waals surface area contributed by atoms with Gasteiger partial charge in [0, 0.05) is 10.1 Å². The summed E-state index contributed by atoms with van der Waals surface area (Å²) in [5.74, 6) is 1.67. The van der Waals surface area contributed by atoms with Crippen molar-refractivity contribution in [1.29, 1.82) is 0 Å². The van der Waals surface area contributed by atoms with Crippen LogP contribution >= 0.6 is 11.3 Å². The summed E-state index contributed by atoms with van der Waals surface area (Å²) in [5.41, 5.74) is 4.56. The van der Waals surface area contributed by atoms with Crippen molar-refractivity contribution in [3.63, 3.8) is 0 Å². The van der Waals surface area contributed by atoms with Gasteiger partial charge in [-0.1, -0.05) is 42.5 Å². The first kappa shape index (κ1) is 16.8. The zero-order valence-corrected chi connectivity index (χ0v) is 15.6. The zero-order chi connectivity index (χ0) is 18.1. The van der Waals surface area contributed by atoms with E-state index in [0.29, 0.717) is 0 Å². The van der Waals surface area contributed by atoms with Crippen molar-refractivity contribution in [2.45, 2.75) is 20.5 Å². The molecule has 0 saturated carbocycles. The summed E-state index contributed by atoms with van der Waals surface area (Å²) in [5, 5.41) is 10.4. The molecule has 0 atom stereocenters. The molecule has 1 aromatic heterocycles. The number of aryl methyl sites for hydroxylation is 2. The predicted molar refractivity (Wildman–Crippen MR) is 109 cm³/mol. The van der Waals surface area contributed by atoms with Gasteiger partial charge in [0.15, 0.2) is 5.75 Å². The van der Waals surface area contributed by atoms with Crippen LogP contribution in [0.5, 0.6) is 11.5 Å². The summed E-state index contributed by atoms with van der Waals surface area (Å²) >= 11 is 1.77. The first-order chi connectivity index (χ1) is 12.7. The fourth-order valence-electron chi connectivity index (χ4n) is 3.07. The number of thiophene rings is 1. The van der Waals surface area contributed by atoms with E-state index >= 15 is 0 Å². The second-order valence-corrected chi connectivity index (χ2v) is 7.53. The Bertz CT molecular complexity index is 1060. The highest BCUT2D eigenvalue weighted by Crippen LogP contribution is 2.47. The molecule has 0 bridgehead atoms. The third kappa shape index (κ3) is 3.12. The third-order valence-electron chi connectivity index (χ3n) is 4.52. The number of benzene rings is 3. The lowest BCUT2D eigenvalue weighted by Crippen LogP contribution is -1.88. The Hall–Kier alpha value is -2.62. The summed E-state index contributed by atoms with van der Waals surface area (Å²) in [6.07, 6.45) is 0. The van der Waals surface area contributed by atoms with E-state index in [-0.39, 0.29) is 6.61 Å². The summed E-state index contributed by atoms with van der Waals surface area (Å²) < 4.78 is 7.57. The number of fused-ring (bicyclic) bond motifs is 1. The van der Waals surface area contributed by atoms with Crippen LogP contribution in [-0.2, 0) is 6.61 Å². The SMILES string of the molecule is Cc1ccc2c(Oc3ccc(CO)cc3)c(-c3ccccc3C)sc2c1. The second-order valence-electron chi connectivity index (χ2n) is 6.48. The Kier molecular flexibility index (Phi) is 4.49. The standard InChI is InChI=1S/C23H20O2S/c1-15-7-12-20-21(13-15)26-23(19-6-4-3-5-16(19)2)22(20)25-18-10-8-17(14-24)9-11-18/h3-13,24H,14H2,1-2H3. The normalized spacial score (nSPS) is 11.0. The number of hydrogen-bond donors (Lipinski definition) is 1. The van der Waals surface area contributed by atoms with Crippen LogP contribution in [-0.4, -0.2) is 5.11 Å². The maximum absolute atomic E-state index is 9.24. The topological polar surface area (TPSA) is 29.5 Å². The van der Waals surface area contributed by atoms with E-state index in [1.165, 1.54) is 21.4 Å². The molecule has 3 aromatic carbocycles. The highest BCUT2D eigenvalue weighted by atomic mass is 32.1. The third-order valence-corrected chi connectivity index (χ3v) is 5.68. The van der Waals surface area contributed by atoms with Gasteiger partial charge in [-0.3, -0.25) is 0 Å². The van der Waals surface area contributed by atoms with Crippen LogP contribution in [0.15, 0.2) is 66.7 Å². The van der Waals surface area contributed by atoms with E-state index in [9.17, 15) is 5.11 Å². The van der Waals surface area contributed by atoms with Crippen LogP contribution in [0.25, 0.3) is 20.5 Å². The highest BCUT2D eigenvalue weighted by Gasteiger charge is 2.17. The molecule has 4 aromatic rings. The zero-order valence-electron chi connectivity index (χ0n) is 14.8. The maximum Gasteiger partial charge on any atom is 0.153 e. The molecule has 4 rings (SSSR count). The van der Waals surface area contributed by atoms with E-state index in [4.69, 9.17) is 4.74 Å². The highest BCUT2D eigenvalue weighted by molar-refractivity contribution is 7.22. The van der Waals surface area contributed by atoms with Gasteiger partial charge in [0.2, 0.25) is 0 Å². The van der Waals surface area contributed by atoms with E-state index in [2.05, 4.69) is 56.3 Å². The Morgan fingerprint density at radius 1 is 0.923 bits per heavy atom. The van der Waals surface area contributed by atoms with Crippen molar-refractivity contribution in [3.8, 4) is 21.9 Å². The Morgan fingerprint density at radius 3 is 2.42 bits per heavy atom. The van der Waals surface area contributed by atoms with Gasteiger partial charge in [-0.05, 0) is 60.4 Å². The van der Waals surface area contributed by atoms with Gasteiger partial charge in [0.25, 0.3) is 0 Å². The average molecular weight is 360 g/mol. The van der Waals surface area contributed by atoms with E-state index < -0.39 is 0 Å². The Morgan fingerprint density at radius 2 is 1.69 bits per heavy atom. The molecule has 130 valence electrons. The van der Waals surface area contributed by atoms with Gasteiger partial charge in [-0.2, -0.15) is 0 Å². The first-order valence-electron chi connectivity index (χ1n) is 8.62. The lowest BCUT2D eigenvalue weighted by atomic mass is 10.1. The predicted octanol–water partition coefficient (Wildman–Crippen LogP) is 6.47. The van der Waals surface area contributed by atoms with Crippen LogP contribution < -0.4 is 4.74 Å². The van der Waals surface area contributed by atoms with Crippen molar-refractivity contribution in [2.24, 2.45) is 0 Å². The molecule has 2 nitrogen and oxygen atoms in total. The van der Waals surface area contributed by atoms with Gasteiger partial charge in [-0.15, -0.1) is 11.3 Å². The first-order valence-corrected chi connectivity index (χ1v) is 9.44. The summed E-state index contributed by atoms with van der Waals surface area (Å²) in [6, 6.07) is 22.5. The molecule has 0 fully saturated rings. The lowest BCUT2D eigenvalue weighted by Gasteiger charge is -2.10. The molecule has 0 aliphatic heterocycles. The smallest absolute Gasteiger partial charge is 0.153 e. The molecule has 0 aliphatic carbocycles. The minimum atomic E-state index is 0.0371. The van der Waals surface area contributed by atoms with Crippen LogP contribution in [0.2, 0.25) is 0 Å². The molecule has 0 radical (unpaired) electrons. The maximum atomic E-state index is 9.24. The van der Waals surface area contributed by atoms with Crippen molar-refractivity contribution >= 4 is 21.4 Å². The van der Waals surface area contributed by atoms with Crippen molar-refractivity contribution in [1.82, 2.24) is 0 Å². The van der Waals surface area contributed by atoms with E-state index in [1.54, 1.807) is 11.3 Å². The molecule has 3 heteroatoms. The molecule has 1 heterocycles. The van der Waals surface area contributed by atoms with Crippen molar-refractivity contribution < 1.29 is 9.84 Å². The Balaban J connectivity index is 1.87. The number of hydrogen-bond acceptors (Lipinski definition) is 3. The van der Waals surface area contributed by atoms with E-state index in [1.807, 2.05) is 24.3 Å². The minimum absolute atomic E-state index is 0.0371.